The van der Waals surface area contributed by atoms with Gasteiger partial charge in [0.2, 0.25) is 0 Å². The molecule has 1 amide bonds. The van der Waals surface area contributed by atoms with Crippen LogP contribution in [0, 0.1) is 19.7 Å². The predicted molar refractivity (Wildman–Crippen MR) is 126 cm³/mol. The summed E-state index contributed by atoms with van der Waals surface area (Å²) in [6.45, 7) is 11.4. The number of benzene rings is 2. The summed E-state index contributed by atoms with van der Waals surface area (Å²) < 4.78 is 13.2. The first-order chi connectivity index (χ1) is 14.9. The molecule has 1 aliphatic rings. The molecule has 0 atom stereocenters. The van der Waals surface area contributed by atoms with Gasteiger partial charge in [-0.05, 0) is 68.4 Å². The van der Waals surface area contributed by atoms with Gasteiger partial charge in [0.1, 0.15) is 15.7 Å². The third-order valence-electron chi connectivity index (χ3n) is 5.71. The van der Waals surface area contributed by atoms with Gasteiger partial charge in [0.25, 0.3) is 5.91 Å². The number of halogens is 1. The molecule has 3 aromatic rings. The maximum absolute atomic E-state index is 13.2. The number of likely N-dealkylation sites (N-methyl/N-ethyl adjacent to an activating group) is 1. The van der Waals surface area contributed by atoms with E-state index in [1.54, 1.807) is 12.1 Å². The summed E-state index contributed by atoms with van der Waals surface area (Å²) in [6, 6.07) is 12.2. The number of anilines is 2. The number of hydrogen-bond acceptors (Lipinski definition) is 5. The van der Waals surface area contributed by atoms with Crippen molar-refractivity contribution in [3.05, 3.63) is 64.4 Å². The largest absolute Gasteiger partial charge is 0.369 e. The summed E-state index contributed by atoms with van der Waals surface area (Å²) in [5, 5.41) is 3.71. The molecule has 4 rings (SSSR count). The zero-order valence-electron chi connectivity index (χ0n) is 18.1. The van der Waals surface area contributed by atoms with E-state index in [1.807, 2.05) is 19.1 Å². The van der Waals surface area contributed by atoms with Crippen LogP contribution >= 0.6 is 11.3 Å². The average Bonchev–Trinajstić information content (AvgIpc) is 3.16. The van der Waals surface area contributed by atoms with Crippen molar-refractivity contribution in [1.29, 1.82) is 0 Å². The molecule has 1 aliphatic heterocycles. The summed E-state index contributed by atoms with van der Waals surface area (Å²) in [4.78, 5) is 22.8. The van der Waals surface area contributed by atoms with Crippen LogP contribution in [0.4, 0.5) is 15.8 Å². The van der Waals surface area contributed by atoms with Crippen molar-refractivity contribution < 1.29 is 9.18 Å². The molecule has 1 N–H and O–H groups in total. The van der Waals surface area contributed by atoms with E-state index in [1.165, 1.54) is 29.2 Å². The molecule has 0 radical (unpaired) electrons. The Bertz CT molecular complexity index is 1070. The number of carbonyl (C=O) groups excluding carboxylic acids is 1. The zero-order chi connectivity index (χ0) is 22.0. The molecule has 5 nitrogen and oxygen atoms in total. The van der Waals surface area contributed by atoms with Gasteiger partial charge in [0.15, 0.2) is 0 Å². The highest BCUT2D eigenvalue weighted by molar-refractivity contribution is 7.17. The van der Waals surface area contributed by atoms with E-state index in [9.17, 15) is 9.18 Å². The Morgan fingerprint density at radius 3 is 2.45 bits per heavy atom. The molecule has 0 unspecified atom stereocenters. The minimum Gasteiger partial charge on any atom is -0.369 e. The number of carbonyl (C=O) groups is 1. The van der Waals surface area contributed by atoms with Gasteiger partial charge in [-0.15, -0.1) is 11.3 Å². The van der Waals surface area contributed by atoms with Crippen LogP contribution in [-0.4, -0.2) is 48.5 Å². The molecular formula is C24H27FN4OS. The molecule has 1 aromatic heterocycles. The topological polar surface area (TPSA) is 48.5 Å². The highest BCUT2D eigenvalue weighted by Gasteiger charge is 2.19. The summed E-state index contributed by atoms with van der Waals surface area (Å²) >= 11 is 1.32. The quantitative estimate of drug-likeness (QED) is 0.612. The lowest BCUT2D eigenvalue weighted by Crippen LogP contribution is -2.46. The van der Waals surface area contributed by atoms with E-state index in [2.05, 4.69) is 40.0 Å². The maximum Gasteiger partial charge on any atom is 0.267 e. The summed E-state index contributed by atoms with van der Waals surface area (Å²) in [5.74, 6) is -0.465. The fourth-order valence-corrected chi connectivity index (χ4v) is 4.87. The summed E-state index contributed by atoms with van der Waals surface area (Å²) in [7, 11) is 0. The molecule has 0 aliphatic carbocycles. The highest BCUT2D eigenvalue weighted by Crippen LogP contribution is 2.30. The lowest BCUT2D eigenvalue weighted by Gasteiger charge is -2.36. The second-order valence-electron chi connectivity index (χ2n) is 7.82. The Kier molecular flexibility index (Phi) is 6.34. The molecule has 1 saturated heterocycles. The van der Waals surface area contributed by atoms with Gasteiger partial charge in [-0.3, -0.25) is 4.79 Å². The molecule has 0 saturated carbocycles. The van der Waals surface area contributed by atoms with E-state index in [4.69, 9.17) is 0 Å². The van der Waals surface area contributed by atoms with Crippen molar-refractivity contribution >= 4 is 28.6 Å². The first-order valence-electron chi connectivity index (χ1n) is 10.6. The van der Waals surface area contributed by atoms with Crippen molar-refractivity contribution in [2.45, 2.75) is 20.8 Å². The molecule has 2 aromatic carbocycles. The van der Waals surface area contributed by atoms with Crippen molar-refractivity contribution in [2.24, 2.45) is 0 Å². The van der Waals surface area contributed by atoms with Crippen molar-refractivity contribution in [1.82, 2.24) is 9.88 Å². The van der Waals surface area contributed by atoms with E-state index >= 15 is 0 Å². The van der Waals surface area contributed by atoms with Crippen molar-refractivity contribution in [2.75, 3.05) is 42.9 Å². The fraction of sp³-hybridized carbons (Fsp3) is 0.333. The van der Waals surface area contributed by atoms with E-state index in [0.29, 0.717) is 15.6 Å². The Morgan fingerprint density at radius 1 is 1.10 bits per heavy atom. The lowest BCUT2D eigenvalue weighted by molar-refractivity contribution is 0.103. The minimum absolute atomic E-state index is 0.174. The van der Waals surface area contributed by atoms with Gasteiger partial charge in [0.05, 0.1) is 5.69 Å². The predicted octanol–water partition coefficient (Wildman–Crippen LogP) is 4.96. The number of rotatable bonds is 5. The molecule has 31 heavy (non-hydrogen) atoms. The second-order valence-corrected chi connectivity index (χ2v) is 8.82. The van der Waals surface area contributed by atoms with E-state index < -0.39 is 0 Å². The molecule has 1 fully saturated rings. The van der Waals surface area contributed by atoms with Gasteiger partial charge in [-0.25, -0.2) is 9.37 Å². The van der Waals surface area contributed by atoms with Crippen molar-refractivity contribution in [3.63, 3.8) is 0 Å². The maximum atomic E-state index is 13.2. The van der Waals surface area contributed by atoms with Crippen LogP contribution in [0.1, 0.15) is 27.9 Å². The van der Waals surface area contributed by atoms with Crippen LogP contribution in [0.5, 0.6) is 0 Å². The Labute approximate surface area is 186 Å². The molecule has 162 valence electrons. The number of thiazole rings is 1. The number of piperazine rings is 1. The molecular weight excluding hydrogens is 411 g/mol. The minimum atomic E-state index is -0.291. The number of amides is 1. The Morgan fingerprint density at radius 2 is 1.81 bits per heavy atom. The van der Waals surface area contributed by atoms with Crippen LogP contribution < -0.4 is 10.2 Å². The molecule has 2 heterocycles. The van der Waals surface area contributed by atoms with Gasteiger partial charge < -0.3 is 15.1 Å². The monoisotopic (exact) mass is 438 g/mol. The lowest BCUT2D eigenvalue weighted by atomic mass is 10.1. The van der Waals surface area contributed by atoms with Crippen molar-refractivity contribution in [3.8, 4) is 10.6 Å². The number of hydrogen-bond donors (Lipinski definition) is 1. The smallest absolute Gasteiger partial charge is 0.267 e. The van der Waals surface area contributed by atoms with Crippen LogP contribution in [0.3, 0.4) is 0 Å². The number of nitrogens with zero attached hydrogens (tertiary/aromatic N) is 3. The van der Waals surface area contributed by atoms with Crippen LogP contribution in [0.15, 0.2) is 42.5 Å². The van der Waals surface area contributed by atoms with Gasteiger partial charge >= 0.3 is 0 Å². The third kappa shape index (κ3) is 4.78. The van der Waals surface area contributed by atoms with E-state index in [-0.39, 0.29) is 11.7 Å². The SMILES string of the molecule is CCN1CCN(c2ccc(NC(=O)c3sc(-c4ccc(F)cc4)nc3C)cc2C)CC1. The molecule has 7 heteroatoms. The first kappa shape index (κ1) is 21.5. The number of aromatic nitrogens is 1. The Hall–Kier alpha value is -2.77. The Balaban J connectivity index is 1.46. The number of nitrogens with one attached hydrogen (secondary N) is 1. The normalized spacial score (nSPS) is 14.6. The molecule has 0 bridgehead atoms. The average molecular weight is 439 g/mol. The van der Waals surface area contributed by atoms with Crippen LogP contribution in [0.25, 0.3) is 10.6 Å². The van der Waals surface area contributed by atoms with Gasteiger partial charge in [0, 0.05) is 43.1 Å². The summed E-state index contributed by atoms with van der Waals surface area (Å²) in [6.07, 6.45) is 0. The second kappa shape index (κ2) is 9.16. The van der Waals surface area contributed by atoms with Gasteiger partial charge in [-0.1, -0.05) is 6.92 Å². The first-order valence-corrected chi connectivity index (χ1v) is 11.4. The third-order valence-corrected chi connectivity index (χ3v) is 6.91. The summed E-state index contributed by atoms with van der Waals surface area (Å²) in [5.41, 5.74) is 4.62. The van der Waals surface area contributed by atoms with E-state index in [0.717, 1.165) is 49.5 Å². The number of aryl methyl sites for hydroxylation is 2. The van der Waals surface area contributed by atoms with Gasteiger partial charge in [-0.2, -0.15) is 0 Å². The standard InChI is InChI=1S/C24H27FN4OS/c1-4-28-11-13-29(14-12-28)21-10-9-20(15-16(21)2)27-23(30)22-17(3)26-24(31-22)18-5-7-19(25)8-6-18/h5-10,15H,4,11-14H2,1-3H3,(H,27,30). The van der Waals surface area contributed by atoms with Crippen LogP contribution in [-0.2, 0) is 0 Å². The van der Waals surface area contributed by atoms with Crippen LogP contribution in [0.2, 0.25) is 0 Å². The highest BCUT2D eigenvalue weighted by atomic mass is 32.1. The molecule has 0 spiro atoms. The zero-order valence-corrected chi connectivity index (χ0v) is 18.9. The fourth-order valence-electron chi connectivity index (χ4n) is 3.90.